The number of piperazine rings is 1. The maximum atomic E-state index is 12.6. The molecular formula is C22H37N7O3. The van der Waals surface area contributed by atoms with Gasteiger partial charge in [0.25, 0.3) is 0 Å². The fraction of sp³-hybridized carbons (Fsp3) is 0.727. The Bertz CT molecular complexity index is 703. The molecule has 3 rings (SSSR count). The Balaban J connectivity index is 1.32. The summed E-state index contributed by atoms with van der Waals surface area (Å²) in [4.78, 5) is 31.9. The van der Waals surface area contributed by atoms with Crippen LogP contribution in [-0.4, -0.2) is 111 Å². The van der Waals surface area contributed by atoms with Crippen LogP contribution in [0.3, 0.4) is 0 Å². The predicted molar refractivity (Wildman–Crippen MR) is 124 cm³/mol. The van der Waals surface area contributed by atoms with Gasteiger partial charge in [0.15, 0.2) is 5.96 Å². The number of nitrogens with one attached hydrogen (secondary N) is 1. The molecule has 0 aliphatic carbocycles. The Morgan fingerprint density at radius 1 is 1.09 bits per heavy atom. The Hall–Kier alpha value is -2.46. The van der Waals surface area contributed by atoms with E-state index in [4.69, 9.17) is 9.47 Å². The summed E-state index contributed by atoms with van der Waals surface area (Å²) in [6, 6.07) is 1.81. The first kappa shape index (κ1) is 24.2. The molecule has 10 heteroatoms. The highest BCUT2D eigenvalue weighted by atomic mass is 16.5. The molecule has 1 aromatic rings. The number of hydrogen-bond acceptors (Lipinski definition) is 7. The van der Waals surface area contributed by atoms with Crippen molar-refractivity contribution in [2.45, 2.75) is 31.8 Å². The number of anilines is 1. The van der Waals surface area contributed by atoms with Crippen LogP contribution in [0.2, 0.25) is 0 Å². The molecule has 178 valence electrons. The van der Waals surface area contributed by atoms with Crippen molar-refractivity contribution in [3.63, 3.8) is 0 Å². The molecule has 0 bridgehead atoms. The first-order chi connectivity index (χ1) is 15.7. The summed E-state index contributed by atoms with van der Waals surface area (Å²) in [5, 5.41) is 3.36. The summed E-state index contributed by atoms with van der Waals surface area (Å²) in [5.41, 5.74) is 0. The lowest BCUT2D eigenvalue weighted by molar-refractivity contribution is -0.131. The zero-order valence-corrected chi connectivity index (χ0v) is 19.4. The number of guanidine groups is 1. The number of nitrogens with zero attached hydrogens (tertiary/aromatic N) is 6. The number of carbonyl (C=O) groups is 1. The summed E-state index contributed by atoms with van der Waals surface area (Å²) in [6.45, 7) is 6.80. The lowest BCUT2D eigenvalue weighted by Crippen LogP contribution is -2.50. The lowest BCUT2D eigenvalue weighted by atomic mass is 10.1. The first-order valence-corrected chi connectivity index (χ1v) is 11.6. The molecule has 0 aromatic carbocycles. The van der Waals surface area contributed by atoms with Crippen molar-refractivity contribution >= 4 is 17.8 Å². The summed E-state index contributed by atoms with van der Waals surface area (Å²) in [6.07, 6.45) is 7.17. The van der Waals surface area contributed by atoms with Crippen molar-refractivity contribution in [1.29, 1.82) is 0 Å². The second kappa shape index (κ2) is 13.2. The van der Waals surface area contributed by atoms with Crippen LogP contribution >= 0.6 is 0 Å². The molecule has 0 unspecified atom stereocenters. The molecule has 0 radical (unpaired) electrons. The number of carbonyl (C=O) groups excluding carboxylic acids is 1. The van der Waals surface area contributed by atoms with Crippen molar-refractivity contribution in [2.75, 3.05) is 78.1 Å². The zero-order valence-electron chi connectivity index (χ0n) is 19.4. The monoisotopic (exact) mass is 447 g/mol. The summed E-state index contributed by atoms with van der Waals surface area (Å²) in [7, 11) is 3.51. The number of methoxy groups -OCH3 is 1. The van der Waals surface area contributed by atoms with E-state index in [1.165, 1.54) is 0 Å². The van der Waals surface area contributed by atoms with Gasteiger partial charge in [-0.15, -0.1) is 0 Å². The van der Waals surface area contributed by atoms with Crippen LogP contribution in [0.1, 0.15) is 25.7 Å². The van der Waals surface area contributed by atoms with E-state index < -0.39 is 0 Å². The van der Waals surface area contributed by atoms with E-state index in [9.17, 15) is 4.79 Å². The van der Waals surface area contributed by atoms with Crippen LogP contribution in [0.5, 0.6) is 0 Å². The second-order valence-electron chi connectivity index (χ2n) is 8.04. The molecule has 0 spiro atoms. The third-order valence-corrected chi connectivity index (χ3v) is 5.89. The van der Waals surface area contributed by atoms with Gasteiger partial charge in [0, 0.05) is 92.0 Å². The minimum atomic E-state index is 0.171. The number of likely N-dealkylation sites (tertiary alicyclic amines) is 1. The molecule has 2 saturated heterocycles. The zero-order chi connectivity index (χ0) is 22.6. The highest BCUT2D eigenvalue weighted by Gasteiger charge is 2.24. The van der Waals surface area contributed by atoms with E-state index in [2.05, 4.69) is 30.1 Å². The van der Waals surface area contributed by atoms with E-state index in [1.807, 2.05) is 11.0 Å². The topological polar surface area (TPSA) is 95.4 Å². The fourth-order valence-electron chi connectivity index (χ4n) is 4.07. The lowest BCUT2D eigenvalue weighted by Gasteiger charge is -2.35. The van der Waals surface area contributed by atoms with Gasteiger partial charge in [-0.3, -0.25) is 9.79 Å². The standard InChI is InChI=1S/C22H37N7O3/c1-23-21(28-11-6-19(7-12-28)32-18-4-17-31-2)26-10-5-20(30)27-13-15-29(16-14-27)22-24-8-3-9-25-22/h3,8-9,19H,4-7,10-18H2,1-2H3,(H,23,26). The molecule has 1 aromatic heterocycles. The smallest absolute Gasteiger partial charge is 0.225 e. The number of aliphatic imine (C=N–C) groups is 1. The SMILES string of the molecule is CN=C(NCCC(=O)N1CCN(c2ncccn2)CC1)N1CCC(OCCCOC)CC1. The first-order valence-electron chi connectivity index (χ1n) is 11.6. The summed E-state index contributed by atoms with van der Waals surface area (Å²) < 4.78 is 11.0. The van der Waals surface area contributed by atoms with E-state index in [0.717, 1.165) is 70.6 Å². The van der Waals surface area contributed by atoms with Crippen molar-refractivity contribution in [2.24, 2.45) is 4.99 Å². The van der Waals surface area contributed by atoms with Gasteiger partial charge in [-0.1, -0.05) is 0 Å². The minimum absolute atomic E-state index is 0.171. The molecule has 2 aliphatic rings. The molecule has 1 amide bonds. The third kappa shape index (κ3) is 7.30. The highest BCUT2D eigenvalue weighted by Crippen LogP contribution is 2.14. The average molecular weight is 448 g/mol. The normalized spacial score (nSPS) is 18.2. The van der Waals surface area contributed by atoms with E-state index in [0.29, 0.717) is 32.2 Å². The molecular weight excluding hydrogens is 410 g/mol. The van der Waals surface area contributed by atoms with Crippen LogP contribution in [-0.2, 0) is 14.3 Å². The van der Waals surface area contributed by atoms with Gasteiger partial charge in [-0.25, -0.2) is 9.97 Å². The number of rotatable bonds is 9. The van der Waals surface area contributed by atoms with Crippen LogP contribution in [0, 0.1) is 0 Å². The van der Waals surface area contributed by atoms with Crippen LogP contribution in [0.25, 0.3) is 0 Å². The average Bonchev–Trinajstić information content (AvgIpc) is 2.85. The summed E-state index contributed by atoms with van der Waals surface area (Å²) in [5.74, 6) is 1.76. The number of ether oxygens (including phenoxy) is 2. The number of piperidine rings is 1. The number of hydrogen-bond donors (Lipinski definition) is 1. The maximum Gasteiger partial charge on any atom is 0.225 e. The van der Waals surface area contributed by atoms with Gasteiger partial charge in [-0.2, -0.15) is 0 Å². The summed E-state index contributed by atoms with van der Waals surface area (Å²) >= 11 is 0. The van der Waals surface area contributed by atoms with Crippen molar-refractivity contribution in [3.8, 4) is 0 Å². The Labute approximate surface area is 191 Å². The largest absolute Gasteiger partial charge is 0.385 e. The fourth-order valence-corrected chi connectivity index (χ4v) is 4.07. The highest BCUT2D eigenvalue weighted by molar-refractivity contribution is 5.81. The number of aromatic nitrogens is 2. The van der Waals surface area contributed by atoms with Gasteiger partial charge in [0.05, 0.1) is 6.10 Å². The van der Waals surface area contributed by atoms with E-state index in [1.54, 1.807) is 26.6 Å². The quantitative estimate of drug-likeness (QED) is 0.334. The Morgan fingerprint density at radius 2 is 1.81 bits per heavy atom. The van der Waals surface area contributed by atoms with E-state index in [-0.39, 0.29) is 5.91 Å². The third-order valence-electron chi connectivity index (χ3n) is 5.89. The van der Waals surface area contributed by atoms with Gasteiger partial charge in [0.1, 0.15) is 0 Å². The minimum Gasteiger partial charge on any atom is -0.385 e. The molecule has 2 aliphatic heterocycles. The van der Waals surface area contributed by atoms with Crippen LogP contribution in [0.4, 0.5) is 5.95 Å². The molecule has 3 heterocycles. The van der Waals surface area contributed by atoms with Crippen LogP contribution < -0.4 is 10.2 Å². The van der Waals surface area contributed by atoms with Gasteiger partial charge < -0.3 is 29.5 Å². The molecule has 10 nitrogen and oxygen atoms in total. The molecule has 1 N–H and O–H groups in total. The van der Waals surface area contributed by atoms with Crippen molar-refractivity contribution in [1.82, 2.24) is 25.1 Å². The van der Waals surface area contributed by atoms with E-state index >= 15 is 0 Å². The predicted octanol–water partition coefficient (Wildman–Crippen LogP) is 0.608. The maximum absolute atomic E-state index is 12.6. The van der Waals surface area contributed by atoms with Crippen molar-refractivity contribution in [3.05, 3.63) is 18.5 Å². The molecule has 32 heavy (non-hydrogen) atoms. The van der Waals surface area contributed by atoms with Gasteiger partial charge in [0.2, 0.25) is 11.9 Å². The molecule has 0 atom stereocenters. The van der Waals surface area contributed by atoms with Gasteiger partial charge >= 0.3 is 0 Å². The number of amides is 1. The van der Waals surface area contributed by atoms with Gasteiger partial charge in [-0.05, 0) is 25.3 Å². The Kier molecular flexibility index (Phi) is 9.96. The second-order valence-corrected chi connectivity index (χ2v) is 8.04. The van der Waals surface area contributed by atoms with Crippen LogP contribution in [0.15, 0.2) is 23.5 Å². The Morgan fingerprint density at radius 3 is 2.47 bits per heavy atom. The molecule has 2 fully saturated rings. The molecule has 0 saturated carbocycles. The van der Waals surface area contributed by atoms with Crippen molar-refractivity contribution < 1.29 is 14.3 Å².